The Hall–Kier alpha value is -3.99. The summed E-state index contributed by atoms with van der Waals surface area (Å²) in [4.78, 5) is 12.2. The lowest BCUT2D eigenvalue weighted by Gasteiger charge is -2.10. The number of urea groups is 1. The molecule has 0 atom stereocenters. The quantitative estimate of drug-likeness (QED) is 0.413. The molecule has 0 aliphatic rings. The number of aromatic nitrogens is 1. The van der Waals surface area contributed by atoms with Crippen molar-refractivity contribution in [1.29, 1.82) is 0 Å². The highest BCUT2D eigenvalue weighted by Gasteiger charge is 2.04. The van der Waals surface area contributed by atoms with Crippen molar-refractivity contribution in [2.75, 3.05) is 16.0 Å². The lowest BCUT2D eigenvalue weighted by Crippen LogP contribution is -2.19. The third-order valence-electron chi connectivity index (χ3n) is 4.23. The van der Waals surface area contributed by atoms with Gasteiger partial charge >= 0.3 is 6.03 Å². The Bertz CT molecular complexity index is 1020. The van der Waals surface area contributed by atoms with Crippen LogP contribution in [0.15, 0.2) is 103 Å². The van der Waals surface area contributed by atoms with Crippen LogP contribution in [0.5, 0.6) is 0 Å². The van der Waals surface area contributed by atoms with Crippen LogP contribution < -0.4 is 16.0 Å². The zero-order valence-corrected chi connectivity index (χ0v) is 15.2. The van der Waals surface area contributed by atoms with E-state index >= 15 is 0 Å². The van der Waals surface area contributed by atoms with Crippen LogP contribution in [0, 0.1) is 0 Å². The first-order chi connectivity index (χ1) is 13.8. The Morgan fingerprint density at radius 2 is 1.07 bits per heavy atom. The average molecular weight is 368 g/mol. The Morgan fingerprint density at radius 3 is 1.68 bits per heavy atom. The molecule has 3 aromatic carbocycles. The fourth-order valence-corrected chi connectivity index (χ4v) is 2.84. The number of hydrogen-bond donors (Lipinski definition) is 3. The number of rotatable bonds is 5. The van der Waals surface area contributed by atoms with Crippen molar-refractivity contribution >= 4 is 28.8 Å². The molecule has 2 amide bonds. The molecule has 5 nitrogen and oxygen atoms in total. The Labute approximate surface area is 163 Å². The SMILES string of the molecule is O=C(Nc1ccc(Nc2ccccc2)cc1)Nc1ccc(-n2cccc2)cc1. The average Bonchev–Trinajstić information content (AvgIpc) is 3.26. The second-order valence-corrected chi connectivity index (χ2v) is 6.28. The van der Waals surface area contributed by atoms with Gasteiger partial charge in [0.2, 0.25) is 0 Å². The van der Waals surface area contributed by atoms with Gasteiger partial charge in [0.15, 0.2) is 0 Å². The molecule has 0 radical (unpaired) electrons. The summed E-state index contributed by atoms with van der Waals surface area (Å²) >= 11 is 0. The third-order valence-corrected chi connectivity index (χ3v) is 4.23. The first kappa shape index (κ1) is 17.4. The van der Waals surface area contributed by atoms with Gasteiger partial charge in [0, 0.05) is 40.8 Å². The normalized spacial score (nSPS) is 10.3. The molecule has 28 heavy (non-hydrogen) atoms. The maximum absolute atomic E-state index is 12.2. The van der Waals surface area contributed by atoms with Crippen molar-refractivity contribution < 1.29 is 4.79 Å². The number of benzene rings is 3. The van der Waals surface area contributed by atoms with E-state index in [-0.39, 0.29) is 6.03 Å². The number of nitrogens with one attached hydrogen (secondary N) is 3. The minimum atomic E-state index is -0.280. The lowest BCUT2D eigenvalue weighted by molar-refractivity contribution is 0.262. The van der Waals surface area contributed by atoms with Crippen molar-refractivity contribution in [3.8, 4) is 5.69 Å². The second-order valence-electron chi connectivity index (χ2n) is 6.28. The number of carbonyl (C=O) groups is 1. The molecule has 4 aromatic rings. The smallest absolute Gasteiger partial charge is 0.323 e. The highest BCUT2D eigenvalue weighted by Crippen LogP contribution is 2.19. The van der Waals surface area contributed by atoms with E-state index in [2.05, 4.69) is 16.0 Å². The molecular weight excluding hydrogens is 348 g/mol. The van der Waals surface area contributed by atoms with Crippen LogP contribution in [-0.2, 0) is 0 Å². The molecule has 0 spiro atoms. The van der Waals surface area contributed by atoms with E-state index in [1.54, 1.807) is 0 Å². The summed E-state index contributed by atoms with van der Waals surface area (Å²) in [5.74, 6) is 0. The molecule has 0 saturated heterocycles. The molecule has 1 heterocycles. The van der Waals surface area contributed by atoms with Gasteiger partial charge in [0.05, 0.1) is 0 Å². The largest absolute Gasteiger partial charge is 0.356 e. The van der Waals surface area contributed by atoms with Crippen LogP contribution in [0.1, 0.15) is 0 Å². The third kappa shape index (κ3) is 4.40. The summed E-state index contributed by atoms with van der Waals surface area (Å²) in [5, 5.41) is 8.99. The van der Waals surface area contributed by atoms with Crippen LogP contribution in [-0.4, -0.2) is 10.6 Å². The van der Waals surface area contributed by atoms with Crippen molar-refractivity contribution in [2.45, 2.75) is 0 Å². The van der Waals surface area contributed by atoms with Crippen molar-refractivity contribution in [3.05, 3.63) is 103 Å². The van der Waals surface area contributed by atoms with Gasteiger partial charge in [-0.3, -0.25) is 0 Å². The monoisotopic (exact) mass is 368 g/mol. The number of hydrogen-bond acceptors (Lipinski definition) is 2. The maximum atomic E-state index is 12.2. The Kier molecular flexibility index (Phi) is 5.06. The molecule has 5 heteroatoms. The first-order valence-electron chi connectivity index (χ1n) is 9.00. The van der Waals surface area contributed by atoms with Crippen LogP contribution in [0.3, 0.4) is 0 Å². The standard InChI is InChI=1S/C23H20N4O/c28-23(26-21-12-14-22(15-13-21)27-16-4-5-17-27)25-20-10-8-19(9-11-20)24-18-6-2-1-3-7-18/h1-17,24H,(H2,25,26,28). The molecule has 138 valence electrons. The van der Waals surface area contributed by atoms with E-state index in [9.17, 15) is 4.79 Å². The second kappa shape index (κ2) is 8.14. The van der Waals surface area contributed by atoms with Gasteiger partial charge in [-0.15, -0.1) is 0 Å². The van der Waals surface area contributed by atoms with Gasteiger partial charge in [0.1, 0.15) is 0 Å². The summed E-state index contributed by atoms with van der Waals surface area (Å²) < 4.78 is 2.01. The Balaban J connectivity index is 1.33. The minimum absolute atomic E-state index is 0.280. The van der Waals surface area contributed by atoms with Crippen molar-refractivity contribution in [2.24, 2.45) is 0 Å². The fourth-order valence-electron chi connectivity index (χ4n) is 2.84. The van der Waals surface area contributed by atoms with E-state index < -0.39 is 0 Å². The van der Waals surface area contributed by atoms with Crippen LogP contribution in [0.4, 0.5) is 27.5 Å². The van der Waals surface area contributed by atoms with E-state index in [0.717, 1.165) is 28.4 Å². The van der Waals surface area contributed by atoms with E-state index in [1.807, 2.05) is 108 Å². The summed E-state index contributed by atoms with van der Waals surface area (Å²) in [6.45, 7) is 0. The predicted molar refractivity (Wildman–Crippen MR) is 115 cm³/mol. The lowest BCUT2D eigenvalue weighted by atomic mass is 10.2. The molecule has 0 unspecified atom stereocenters. The molecule has 0 saturated carbocycles. The minimum Gasteiger partial charge on any atom is -0.356 e. The summed E-state index contributed by atoms with van der Waals surface area (Å²) in [5.41, 5.74) is 4.47. The fraction of sp³-hybridized carbons (Fsp3) is 0. The molecule has 1 aromatic heterocycles. The van der Waals surface area contributed by atoms with E-state index in [0.29, 0.717) is 0 Å². The van der Waals surface area contributed by atoms with Crippen molar-refractivity contribution in [3.63, 3.8) is 0 Å². The molecule has 0 aliphatic carbocycles. The van der Waals surface area contributed by atoms with Crippen LogP contribution in [0.25, 0.3) is 5.69 Å². The molecule has 0 bridgehead atoms. The molecule has 4 rings (SSSR count). The topological polar surface area (TPSA) is 58.1 Å². The summed E-state index contributed by atoms with van der Waals surface area (Å²) in [6.07, 6.45) is 3.96. The van der Waals surface area contributed by atoms with Gasteiger partial charge in [-0.1, -0.05) is 18.2 Å². The van der Waals surface area contributed by atoms with Gasteiger partial charge in [-0.25, -0.2) is 4.79 Å². The van der Waals surface area contributed by atoms with Crippen LogP contribution in [0.2, 0.25) is 0 Å². The van der Waals surface area contributed by atoms with Gasteiger partial charge < -0.3 is 20.5 Å². The van der Waals surface area contributed by atoms with Gasteiger partial charge in [0.25, 0.3) is 0 Å². The van der Waals surface area contributed by atoms with E-state index in [4.69, 9.17) is 0 Å². The highest BCUT2D eigenvalue weighted by molar-refractivity contribution is 5.99. The highest BCUT2D eigenvalue weighted by atomic mass is 16.2. The maximum Gasteiger partial charge on any atom is 0.323 e. The zero-order valence-electron chi connectivity index (χ0n) is 15.2. The number of carbonyl (C=O) groups excluding carboxylic acids is 1. The number of nitrogens with zero attached hydrogens (tertiary/aromatic N) is 1. The number of para-hydroxylation sites is 1. The predicted octanol–water partition coefficient (Wildman–Crippen LogP) is 5.86. The molecular formula is C23H20N4O. The first-order valence-corrected chi connectivity index (χ1v) is 9.00. The van der Waals surface area contributed by atoms with Gasteiger partial charge in [-0.2, -0.15) is 0 Å². The number of anilines is 4. The summed E-state index contributed by atoms with van der Waals surface area (Å²) in [6, 6.07) is 28.8. The van der Waals surface area contributed by atoms with Crippen LogP contribution >= 0.6 is 0 Å². The van der Waals surface area contributed by atoms with E-state index in [1.165, 1.54) is 0 Å². The summed E-state index contributed by atoms with van der Waals surface area (Å²) in [7, 11) is 0. The van der Waals surface area contributed by atoms with Crippen molar-refractivity contribution in [1.82, 2.24) is 4.57 Å². The Morgan fingerprint density at radius 1 is 0.571 bits per heavy atom. The van der Waals surface area contributed by atoms with Gasteiger partial charge in [-0.05, 0) is 72.8 Å². The number of amides is 2. The molecule has 0 fully saturated rings. The zero-order chi connectivity index (χ0) is 19.2. The molecule has 0 aliphatic heterocycles. The molecule has 3 N–H and O–H groups in total.